The van der Waals surface area contributed by atoms with E-state index in [0.29, 0.717) is 11.1 Å². The van der Waals surface area contributed by atoms with Crippen LogP contribution in [0.15, 0.2) is 48.7 Å². The summed E-state index contributed by atoms with van der Waals surface area (Å²) >= 11 is 0. The Balaban J connectivity index is 1.87. The number of esters is 2. The molecule has 3 aromatic rings. The van der Waals surface area contributed by atoms with Crippen molar-refractivity contribution < 1.29 is 51.6 Å². The average Bonchev–Trinajstić information content (AvgIpc) is 2.98. The van der Waals surface area contributed by atoms with Gasteiger partial charge in [-0.15, -0.1) is 0 Å². The summed E-state index contributed by atoms with van der Waals surface area (Å²) in [5, 5.41) is 0. The van der Waals surface area contributed by atoms with Crippen molar-refractivity contribution in [1.82, 2.24) is 4.98 Å². The Labute approximate surface area is 247 Å². The van der Waals surface area contributed by atoms with Crippen LogP contribution < -0.4 is 18.9 Å². The maximum absolute atomic E-state index is 14.0. The highest BCUT2D eigenvalue weighted by Crippen LogP contribution is 2.40. The third kappa shape index (κ3) is 8.18. The summed E-state index contributed by atoms with van der Waals surface area (Å²) in [7, 11) is 4.11. The molecule has 12 heteroatoms. The molecule has 0 radical (unpaired) electrons. The Kier molecular flexibility index (Phi) is 11.4. The van der Waals surface area contributed by atoms with Crippen LogP contribution in [0.5, 0.6) is 23.0 Å². The number of pyridine rings is 1. The van der Waals surface area contributed by atoms with Crippen molar-refractivity contribution in [3.8, 4) is 23.0 Å². The number of aromatic nitrogens is 1. The Bertz CT molecular complexity index is 1410. The van der Waals surface area contributed by atoms with Crippen LogP contribution in [0.25, 0.3) is 0 Å². The first kappa shape index (κ1) is 32.8. The molecule has 230 valence electrons. The number of nitrogens with zero attached hydrogens (tertiary/aromatic N) is 1. The summed E-state index contributed by atoms with van der Waals surface area (Å²) in [6.07, 6.45) is 0.133. The Hall–Kier alpha value is -4.74. The van der Waals surface area contributed by atoms with Crippen molar-refractivity contribution in [2.45, 2.75) is 39.2 Å². The number of ketones is 1. The number of ether oxygens (including phenoxy) is 6. The van der Waals surface area contributed by atoms with Crippen molar-refractivity contribution in [2.24, 2.45) is 5.92 Å². The van der Waals surface area contributed by atoms with Crippen molar-refractivity contribution in [3.63, 3.8) is 0 Å². The zero-order valence-corrected chi connectivity index (χ0v) is 24.6. The first-order chi connectivity index (χ1) is 20.5. The first-order valence-corrected chi connectivity index (χ1v) is 13.2. The molecule has 0 spiro atoms. The molecule has 0 amide bonds. The third-order valence-electron chi connectivity index (χ3n) is 6.54. The number of methoxy groups -OCH3 is 3. The molecule has 2 atom stereocenters. The third-order valence-corrected chi connectivity index (χ3v) is 6.54. The van der Waals surface area contributed by atoms with E-state index in [1.165, 1.54) is 83.8 Å². The van der Waals surface area contributed by atoms with E-state index in [9.17, 15) is 23.2 Å². The summed E-state index contributed by atoms with van der Waals surface area (Å²) in [5.41, 5.74) is 0.810. The topological polar surface area (TPSA) is 119 Å². The predicted octanol–water partition coefficient (Wildman–Crippen LogP) is 5.26. The quantitative estimate of drug-likeness (QED) is 0.138. The van der Waals surface area contributed by atoms with Gasteiger partial charge in [-0.1, -0.05) is 19.1 Å². The smallest absolute Gasteiger partial charge is 0.309 e. The monoisotopic (exact) mass is 601 g/mol. The summed E-state index contributed by atoms with van der Waals surface area (Å²) < 4.78 is 60.2. The SMILES string of the molecule is COc1cc(F)ccc1C(c1ccc(F)cc1OC)[C@H](C)OC(=O)[C@H](C)CC(=O)c1nccc(OC)c1OCOC(C)=O. The lowest BCUT2D eigenvalue weighted by molar-refractivity contribution is -0.153. The molecule has 0 fully saturated rings. The highest BCUT2D eigenvalue weighted by atomic mass is 19.1. The van der Waals surface area contributed by atoms with Crippen LogP contribution in [-0.2, 0) is 19.1 Å². The Morgan fingerprint density at radius 2 is 1.40 bits per heavy atom. The second-order valence-corrected chi connectivity index (χ2v) is 9.51. The molecule has 2 aromatic carbocycles. The number of rotatable bonds is 14. The predicted molar refractivity (Wildman–Crippen MR) is 149 cm³/mol. The maximum atomic E-state index is 14.0. The molecule has 0 bridgehead atoms. The van der Waals surface area contributed by atoms with Gasteiger partial charge in [0.15, 0.2) is 23.0 Å². The Morgan fingerprint density at radius 3 is 1.91 bits per heavy atom. The van der Waals surface area contributed by atoms with Crippen LogP contribution in [0.4, 0.5) is 8.78 Å². The molecule has 0 N–H and O–H groups in total. The summed E-state index contributed by atoms with van der Waals surface area (Å²) in [6, 6.07) is 9.30. The minimum atomic E-state index is -0.935. The lowest BCUT2D eigenvalue weighted by atomic mass is 9.85. The minimum absolute atomic E-state index is 0.0444. The van der Waals surface area contributed by atoms with Crippen LogP contribution >= 0.6 is 0 Å². The standard InChI is InChI=1S/C31H33F2NO9/c1-17(13-24(36)29-30(42-16-41-19(3)35)25(38-4)11-12-34-29)31(37)43-18(2)28(22-9-7-20(32)14-26(22)39-5)23-10-8-21(33)15-27(23)40-6/h7-12,14-15,17-18,28H,13,16H2,1-6H3/t17-,18+/m1/s1. The van der Waals surface area contributed by atoms with E-state index in [2.05, 4.69) is 4.98 Å². The Morgan fingerprint density at radius 1 is 0.837 bits per heavy atom. The van der Waals surface area contributed by atoms with E-state index in [4.69, 9.17) is 28.4 Å². The van der Waals surface area contributed by atoms with Gasteiger partial charge in [0.1, 0.15) is 29.2 Å². The fraction of sp³-hybridized carbons (Fsp3) is 0.355. The van der Waals surface area contributed by atoms with E-state index in [1.54, 1.807) is 6.92 Å². The zero-order chi connectivity index (χ0) is 31.7. The lowest BCUT2D eigenvalue weighted by Crippen LogP contribution is -2.28. The van der Waals surface area contributed by atoms with E-state index in [1.807, 2.05) is 0 Å². The van der Waals surface area contributed by atoms with Crippen LogP contribution in [-0.4, -0.2) is 56.9 Å². The van der Waals surface area contributed by atoms with Gasteiger partial charge in [0.25, 0.3) is 0 Å². The number of carbonyl (C=O) groups is 3. The van der Waals surface area contributed by atoms with Gasteiger partial charge in [-0.3, -0.25) is 14.4 Å². The molecule has 1 heterocycles. The number of Topliss-reactive ketones (excluding diaryl/α,β-unsaturated/α-hetero) is 1. The molecule has 0 saturated heterocycles. The number of carbonyl (C=O) groups excluding carboxylic acids is 3. The number of hydrogen-bond acceptors (Lipinski definition) is 10. The van der Waals surface area contributed by atoms with Crippen LogP contribution in [0.2, 0.25) is 0 Å². The highest BCUT2D eigenvalue weighted by Gasteiger charge is 2.32. The zero-order valence-electron chi connectivity index (χ0n) is 24.6. The van der Waals surface area contributed by atoms with Gasteiger partial charge in [-0.05, 0) is 19.1 Å². The molecular weight excluding hydrogens is 568 g/mol. The fourth-order valence-electron chi connectivity index (χ4n) is 4.48. The summed E-state index contributed by atoms with van der Waals surface area (Å²) in [4.78, 5) is 41.7. The van der Waals surface area contributed by atoms with Gasteiger partial charge in [-0.25, -0.2) is 13.8 Å². The second-order valence-electron chi connectivity index (χ2n) is 9.51. The van der Waals surface area contributed by atoms with Crippen LogP contribution in [0.3, 0.4) is 0 Å². The summed E-state index contributed by atoms with van der Waals surface area (Å²) in [5.74, 6) is -4.11. The molecule has 43 heavy (non-hydrogen) atoms. The highest BCUT2D eigenvalue weighted by molar-refractivity contribution is 5.99. The van der Waals surface area contributed by atoms with E-state index < -0.39 is 54.1 Å². The van der Waals surface area contributed by atoms with E-state index in [0.717, 1.165) is 0 Å². The van der Waals surface area contributed by atoms with Gasteiger partial charge < -0.3 is 28.4 Å². The number of benzene rings is 2. The first-order valence-electron chi connectivity index (χ1n) is 13.2. The van der Waals surface area contributed by atoms with Crippen molar-refractivity contribution in [1.29, 1.82) is 0 Å². The molecule has 0 aliphatic heterocycles. The summed E-state index contributed by atoms with van der Waals surface area (Å²) in [6.45, 7) is 3.85. The molecule has 0 aliphatic rings. The van der Waals surface area contributed by atoms with Crippen molar-refractivity contribution in [3.05, 3.63) is 77.1 Å². The molecule has 3 rings (SSSR count). The lowest BCUT2D eigenvalue weighted by Gasteiger charge is -2.28. The normalized spacial score (nSPS) is 12.2. The number of halogens is 2. The van der Waals surface area contributed by atoms with Crippen molar-refractivity contribution in [2.75, 3.05) is 28.1 Å². The van der Waals surface area contributed by atoms with Crippen molar-refractivity contribution >= 4 is 17.7 Å². The molecule has 10 nitrogen and oxygen atoms in total. The largest absolute Gasteiger partial charge is 0.496 e. The van der Waals surface area contributed by atoms with Crippen LogP contribution in [0, 0.1) is 17.6 Å². The van der Waals surface area contributed by atoms with Gasteiger partial charge in [-0.2, -0.15) is 0 Å². The molecule has 0 saturated carbocycles. The van der Waals surface area contributed by atoms with Gasteiger partial charge in [0, 0.05) is 48.9 Å². The van der Waals surface area contributed by atoms with E-state index >= 15 is 0 Å². The van der Waals surface area contributed by atoms with E-state index in [-0.39, 0.29) is 35.1 Å². The molecule has 1 aromatic heterocycles. The van der Waals surface area contributed by atoms with Gasteiger partial charge >= 0.3 is 11.9 Å². The molecule has 0 aliphatic carbocycles. The molecule has 0 unspecified atom stereocenters. The van der Waals surface area contributed by atoms with Crippen LogP contribution in [0.1, 0.15) is 54.7 Å². The fourth-order valence-corrected chi connectivity index (χ4v) is 4.48. The second kappa shape index (κ2) is 14.9. The molecular formula is C31H33F2NO9. The van der Waals surface area contributed by atoms with Gasteiger partial charge in [0.05, 0.1) is 33.2 Å². The average molecular weight is 602 g/mol. The van der Waals surface area contributed by atoms with Gasteiger partial charge in [0.2, 0.25) is 6.79 Å². The number of hydrogen-bond donors (Lipinski definition) is 0. The minimum Gasteiger partial charge on any atom is -0.496 e. The maximum Gasteiger partial charge on any atom is 0.309 e.